The summed E-state index contributed by atoms with van der Waals surface area (Å²) in [6.07, 6.45) is -3.09. The van der Waals surface area contributed by atoms with Crippen LogP contribution in [0.25, 0.3) is 5.69 Å². The molecule has 1 aliphatic heterocycles. The van der Waals surface area contributed by atoms with Crippen molar-refractivity contribution in [1.29, 1.82) is 0 Å². The van der Waals surface area contributed by atoms with Crippen LogP contribution in [0, 0.1) is 0 Å². The molecule has 0 bridgehead atoms. The molecule has 1 aliphatic rings. The molecule has 1 aromatic carbocycles. The van der Waals surface area contributed by atoms with Gasteiger partial charge in [0.1, 0.15) is 0 Å². The van der Waals surface area contributed by atoms with E-state index in [-0.39, 0.29) is 18.9 Å². The van der Waals surface area contributed by atoms with Crippen molar-refractivity contribution >= 4 is 11.8 Å². The van der Waals surface area contributed by atoms with E-state index in [0.717, 1.165) is 30.5 Å². The first kappa shape index (κ1) is 22.8. The van der Waals surface area contributed by atoms with Crippen molar-refractivity contribution in [3.8, 4) is 5.69 Å². The number of aromatic nitrogens is 2. The predicted octanol–water partition coefficient (Wildman–Crippen LogP) is 2.57. The lowest BCUT2D eigenvalue weighted by Crippen LogP contribution is -2.48. The molecular formula is C21H26F3N5O2. The first-order valence-electron chi connectivity index (χ1n) is 10.3. The molecule has 0 unspecified atom stereocenters. The number of carbonyl (C=O) groups is 2. The summed E-state index contributed by atoms with van der Waals surface area (Å²) < 4.78 is 41.2. The van der Waals surface area contributed by atoms with Crippen molar-refractivity contribution in [3.63, 3.8) is 0 Å². The molecule has 0 atom stereocenters. The largest absolute Gasteiger partial charge is 0.435 e. The lowest BCUT2D eigenvalue weighted by molar-refractivity contribution is -0.141. The van der Waals surface area contributed by atoms with Gasteiger partial charge in [-0.15, -0.1) is 0 Å². The standard InChI is InChI=1S/C21H26F3N5O2/c1-2-27-11-13-28(14-12-27)18(30)9-6-10-25-20(31)17-15-29(16-7-4-3-5-8-16)26-19(17)21(22,23)24/h3-5,7-8,15H,2,6,9-14H2,1H3,(H,25,31). The van der Waals surface area contributed by atoms with E-state index < -0.39 is 23.3 Å². The van der Waals surface area contributed by atoms with Crippen molar-refractivity contribution in [3.05, 3.63) is 47.8 Å². The highest BCUT2D eigenvalue weighted by atomic mass is 19.4. The Bertz CT molecular complexity index is 890. The molecule has 31 heavy (non-hydrogen) atoms. The second-order valence-corrected chi connectivity index (χ2v) is 7.34. The molecule has 1 saturated heterocycles. The summed E-state index contributed by atoms with van der Waals surface area (Å²) in [5, 5.41) is 6.05. The maximum Gasteiger partial charge on any atom is 0.435 e. The maximum atomic E-state index is 13.4. The van der Waals surface area contributed by atoms with Crippen LogP contribution in [0.4, 0.5) is 13.2 Å². The number of rotatable bonds is 7. The Morgan fingerprint density at radius 3 is 2.39 bits per heavy atom. The summed E-state index contributed by atoms with van der Waals surface area (Å²) in [5.74, 6) is -0.864. The van der Waals surface area contributed by atoms with E-state index in [9.17, 15) is 22.8 Å². The highest BCUT2D eigenvalue weighted by Gasteiger charge is 2.39. The molecule has 0 spiro atoms. The van der Waals surface area contributed by atoms with Crippen LogP contribution in [0.2, 0.25) is 0 Å². The maximum absolute atomic E-state index is 13.4. The van der Waals surface area contributed by atoms with Crippen LogP contribution >= 0.6 is 0 Å². The zero-order chi connectivity index (χ0) is 22.4. The smallest absolute Gasteiger partial charge is 0.352 e. The number of nitrogens with zero attached hydrogens (tertiary/aromatic N) is 4. The molecule has 1 fully saturated rings. The third kappa shape index (κ3) is 5.84. The highest BCUT2D eigenvalue weighted by Crippen LogP contribution is 2.31. The minimum absolute atomic E-state index is 0.00196. The van der Waals surface area contributed by atoms with Gasteiger partial charge in [-0.25, -0.2) is 4.68 Å². The van der Waals surface area contributed by atoms with Gasteiger partial charge in [-0.1, -0.05) is 25.1 Å². The zero-order valence-corrected chi connectivity index (χ0v) is 17.4. The van der Waals surface area contributed by atoms with Crippen LogP contribution < -0.4 is 5.32 Å². The summed E-state index contributed by atoms with van der Waals surface area (Å²) in [5.41, 5.74) is -1.36. The number of benzene rings is 1. The predicted molar refractivity (Wildman–Crippen MR) is 109 cm³/mol. The van der Waals surface area contributed by atoms with Crippen molar-refractivity contribution in [1.82, 2.24) is 24.9 Å². The average Bonchev–Trinajstić information content (AvgIpc) is 3.23. The second kappa shape index (κ2) is 9.95. The van der Waals surface area contributed by atoms with Crippen LogP contribution in [0.3, 0.4) is 0 Å². The number of para-hydroxylation sites is 1. The van der Waals surface area contributed by atoms with E-state index in [1.807, 2.05) is 0 Å². The molecule has 0 aliphatic carbocycles. The molecule has 3 rings (SSSR count). The van der Waals surface area contributed by atoms with Gasteiger partial charge in [0.05, 0.1) is 11.3 Å². The fourth-order valence-corrected chi connectivity index (χ4v) is 3.47. The average molecular weight is 437 g/mol. The van der Waals surface area contributed by atoms with Crippen molar-refractivity contribution in [2.24, 2.45) is 0 Å². The normalized spacial score (nSPS) is 15.2. The lowest BCUT2D eigenvalue weighted by atomic mass is 10.2. The van der Waals surface area contributed by atoms with Gasteiger partial charge in [0, 0.05) is 45.3 Å². The Labute approximate surface area is 178 Å². The van der Waals surface area contributed by atoms with Gasteiger partial charge < -0.3 is 15.1 Å². The van der Waals surface area contributed by atoms with Crippen LogP contribution in [0.1, 0.15) is 35.8 Å². The molecular weight excluding hydrogens is 411 g/mol. The molecule has 2 aromatic rings. The van der Waals surface area contributed by atoms with Gasteiger partial charge in [0.2, 0.25) is 5.91 Å². The topological polar surface area (TPSA) is 70.5 Å². The number of amides is 2. The summed E-state index contributed by atoms with van der Waals surface area (Å²) in [6.45, 7) is 6.16. The number of alkyl halides is 3. The van der Waals surface area contributed by atoms with E-state index in [1.165, 1.54) is 0 Å². The Morgan fingerprint density at radius 1 is 1.10 bits per heavy atom. The minimum Gasteiger partial charge on any atom is -0.352 e. The van der Waals surface area contributed by atoms with Crippen molar-refractivity contribution in [2.45, 2.75) is 25.9 Å². The number of piperazine rings is 1. The molecule has 2 heterocycles. The highest BCUT2D eigenvalue weighted by molar-refractivity contribution is 5.95. The van der Waals surface area contributed by atoms with E-state index in [4.69, 9.17) is 0 Å². The van der Waals surface area contributed by atoms with Crippen LogP contribution in [-0.4, -0.2) is 70.7 Å². The SMILES string of the molecule is CCN1CCN(C(=O)CCCNC(=O)c2cn(-c3ccccc3)nc2C(F)(F)F)CC1. The molecule has 0 radical (unpaired) electrons. The Hall–Kier alpha value is -2.88. The first-order chi connectivity index (χ1) is 14.8. The van der Waals surface area contributed by atoms with E-state index in [2.05, 4.69) is 22.2 Å². The summed E-state index contributed by atoms with van der Waals surface area (Å²) in [7, 11) is 0. The molecule has 2 amide bonds. The van der Waals surface area contributed by atoms with Crippen LogP contribution in [-0.2, 0) is 11.0 Å². The molecule has 1 N–H and O–H groups in total. The van der Waals surface area contributed by atoms with Gasteiger partial charge in [-0.05, 0) is 25.1 Å². The quantitative estimate of drug-likeness (QED) is 0.676. The fourth-order valence-electron chi connectivity index (χ4n) is 3.47. The minimum atomic E-state index is -4.76. The van der Waals surface area contributed by atoms with E-state index in [1.54, 1.807) is 35.2 Å². The van der Waals surface area contributed by atoms with Gasteiger partial charge in [-0.3, -0.25) is 9.59 Å². The Balaban J connectivity index is 1.55. The number of hydrogen-bond acceptors (Lipinski definition) is 4. The zero-order valence-electron chi connectivity index (χ0n) is 17.4. The second-order valence-electron chi connectivity index (χ2n) is 7.34. The van der Waals surface area contributed by atoms with Crippen molar-refractivity contribution in [2.75, 3.05) is 39.3 Å². The van der Waals surface area contributed by atoms with Crippen molar-refractivity contribution < 1.29 is 22.8 Å². The number of hydrogen-bond donors (Lipinski definition) is 1. The molecule has 0 saturated carbocycles. The third-order valence-corrected chi connectivity index (χ3v) is 5.27. The molecule has 1 aromatic heterocycles. The fraction of sp³-hybridized carbons (Fsp3) is 0.476. The van der Waals surface area contributed by atoms with Gasteiger partial charge in [0.25, 0.3) is 5.91 Å². The van der Waals surface area contributed by atoms with Gasteiger partial charge in [-0.2, -0.15) is 18.3 Å². The lowest BCUT2D eigenvalue weighted by Gasteiger charge is -2.34. The number of likely N-dealkylation sites (N-methyl/N-ethyl adjacent to an activating group) is 1. The van der Waals surface area contributed by atoms with E-state index >= 15 is 0 Å². The Kier molecular flexibility index (Phi) is 7.32. The number of carbonyl (C=O) groups excluding carboxylic acids is 2. The monoisotopic (exact) mass is 437 g/mol. The third-order valence-electron chi connectivity index (χ3n) is 5.27. The molecule has 168 valence electrons. The summed E-state index contributed by atoms with van der Waals surface area (Å²) >= 11 is 0. The summed E-state index contributed by atoms with van der Waals surface area (Å²) in [6, 6.07) is 8.27. The van der Waals surface area contributed by atoms with Gasteiger partial charge in [0.15, 0.2) is 5.69 Å². The number of halogens is 3. The van der Waals surface area contributed by atoms with Crippen LogP contribution in [0.15, 0.2) is 36.5 Å². The number of nitrogens with one attached hydrogen (secondary N) is 1. The molecule has 7 nitrogen and oxygen atoms in total. The Morgan fingerprint density at radius 2 is 1.77 bits per heavy atom. The first-order valence-corrected chi connectivity index (χ1v) is 10.3. The molecule has 10 heteroatoms. The van der Waals surface area contributed by atoms with Crippen LogP contribution in [0.5, 0.6) is 0 Å². The van der Waals surface area contributed by atoms with E-state index in [0.29, 0.717) is 25.2 Å². The summed E-state index contributed by atoms with van der Waals surface area (Å²) in [4.78, 5) is 28.7. The van der Waals surface area contributed by atoms with Gasteiger partial charge >= 0.3 is 6.18 Å².